The first-order chi connectivity index (χ1) is 10.0. The van der Waals surface area contributed by atoms with Gasteiger partial charge in [0.1, 0.15) is 0 Å². The molecular weight excluding hydrogens is 282 g/mol. The summed E-state index contributed by atoms with van der Waals surface area (Å²) in [5, 5.41) is 0. The molecule has 1 aliphatic heterocycles. The first kappa shape index (κ1) is 16.7. The molecule has 5 nitrogen and oxygen atoms in total. The zero-order valence-electron chi connectivity index (χ0n) is 14.2. The van der Waals surface area contributed by atoms with Crippen LogP contribution in [0, 0.1) is 16.7 Å². The fourth-order valence-electron chi connectivity index (χ4n) is 4.31. The standard InChI is InChI=1S/C17H25NO4/c1-7-17(8-2)13(15(17,3)4)14(21)22-16(5,6)18-11(19)9-10-12(18)20/h9-10,13H,7-8H2,1-6H3. The van der Waals surface area contributed by atoms with Gasteiger partial charge in [0, 0.05) is 12.2 Å². The van der Waals surface area contributed by atoms with Gasteiger partial charge in [-0.1, -0.05) is 27.7 Å². The first-order valence-electron chi connectivity index (χ1n) is 7.84. The van der Waals surface area contributed by atoms with E-state index in [9.17, 15) is 14.4 Å². The van der Waals surface area contributed by atoms with Crippen molar-refractivity contribution in [2.45, 2.75) is 60.1 Å². The number of hydrogen-bond donors (Lipinski definition) is 0. The molecule has 0 bridgehead atoms. The quantitative estimate of drug-likeness (QED) is 0.578. The summed E-state index contributed by atoms with van der Waals surface area (Å²) in [4.78, 5) is 37.2. The molecule has 1 saturated carbocycles. The summed E-state index contributed by atoms with van der Waals surface area (Å²) < 4.78 is 5.59. The van der Waals surface area contributed by atoms with Crippen LogP contribution in [0.1, 0.15) is 54.4 Å². The molecule has 0 aromatic carbocycles. The number of amides is 2. The van der Waals surface area contributed by atoms with E-state index in [0.717, 1.165) is 17.7 Å². The van der Waals surface area contributed by atoms with Crippen molar-refractivity contribution in [1.82, 2.24) is 4.90 Å². The highest BCUT2D eigenvalue weighted by molar-refractivity contribution is 6.13. The SMILES string of the molecule is CCC1(CC)C(C(=O)OC(C)(C)N2C(=O)C=CC2=O)C1(C)C. The summed E-state index contributed by atoms with van der Waals surface area (Å²) in [5.41, 5.74) is -1.46. The van der Waals surface area contributed by atoms with Crippen LogP contribution in [0.5, 0.6) is 0 Å². The maximum Gasteiger partial charge on any atom is 0.312 e. The Morgan fingerprint density at radius 1 is 1.18 bits per heavy atom. The van der Waals surface area contributed by atoms with Gasteiger partial charge < -0.3 is 4.74 Å². The van der Waals surface area contributed by atoms with Crippen LogP contribution in [0.15, 0.2) is 12.2 Å². The van der Waals surface area contributed by atoms with Crippen molar-refractivity contribution in [1.29, 1.82) is 0 Å². The van der Waals surface area contributed by atoms with E-state index < -0.39 is 17.5 Å². The van der Waals surface area contributed by atoms with Crippen LogP contribution in [0.2, 0.25) is 0 Å². The molecule has 2 amide bonds. The molecule has 22 heavy (non-hydrogen) atoms. The third kappa shape index (κ3) is 2.09. The van der Waals surface area contributed by atoms with Crippen molar-refractivity contribution in [3.63, 3.8) is 0 Å². The minimum Gasteiger partial charge on any atom is -0.439 e. The van der Waals surface area contributed by atoms with Crippen LogP contribution in [0.25, 0.3) is 0 Å². The van der Waals surface area contributed by atoms with Crippen molar-refractivity contribution in [3.8, 4) is 0 Å². The maximum atomic E-state index is 12.6. The topological polar surface area (TPSA) is 63.7 Å². The molecule has 5 heteroatoms. The number of imide groups is 1. The zero-order valence-corrected chi connectivity index (χ0v) is 14.2. The fourth-order valence-corrected chi connectivity index (χ4v) is 4.31. The molecule has 0 spiro atoms. The highest BCUT2D eigenvalue weighted by Gasteiger charge is 2.72. The Bertz CT molecular complexity index is 537. The Kier molecular flexibility index (Phi) is 3.75. The summed E-state index contributed by atoms with van der Waals surface area (Å²) in [6.07, 6.45) is 4.20. The van der Waals surface area contributed by atoms with E-state index in [2.05, 4.69) is 27.7 Å². The molecule has 1 heterocycles. The molecule has 0 N–H and O–H groups in total. The predicted octanol–water partition coefficient (Wildman–Crippen LogP) is 2.65. The molecule has 0 aromatic heterocycles. The van der Waals surface area contributed by atoms with Gasteiger partial charge in [0.2, 0.25) is 0 Å². The van der Waals surface area contributed by atoms with Crippen molar-refractivity contribution >= 4 is 17.8 Å². The number of carbonyl (C=O) groups excluding carboxylic acids is 3. The predicted molar refractivity (Wildman–Crippen MR) is 81.5 cm³/mol. The van der Waals surface area contributed by atoms with Gasteiger partial charge in [0.15, 0.2) is 5.72 Å². The second-order valence-corrected chi connectivity index (χ2v) is 7.23. The number of nitrogens with zero attached hydrogens (tertiary/aromatic N) is 1. The zero-order chi connectivity index (χ0) is 16.9. The third-order valence-electron chi connectivity index (χ3n) is 5.67. The number of hydrogen-bond acceptors (Lipinski definition) is 4. The molecule has 0 saturated heterocycles. The molecule has 1 atom stereocenters. The average molecular weight is 307 g/mol. The van der Waals surface area contributed by atoms with E-state index in [1.54, 1.807) is 13.8 Å². The summed E-state index contributed by atoms with van der Waals surface area (Å²) in [6, 6.07) is 0. The van der Waals surface area contributed by atoms with Crippen LogP contribution in [0.4, 0.5) is 0 Å². The van der Waals surface area contributed by atoms with Crippen LogP contribution < -0.4 is 0 Å². The summed E-state index contributed by atoms with van der Waals surface area (Å²) in [5.74, 6) is -1.42. The minimum absolute atomic E-state index is 0.0581. The highest BCUT2D eigenvalue weighted by Crippen LogP contribution is 2.72. The van der Waals surface area contributed by atoms with E-state index in [1.807, 2.05) is 0 Å². The van der Waals surface area contributed by atoms with E-state index >= 15 is 0 Å². The average Bonchev–Trinajstić information content (AvgIpc) is 2.70. The first-order valence-corrected chi connectivity index (χ1v) is 7.84. The van der Waals surface area contributed by atoms with E-state index in [4.69, 9.17) is 4.74 Å². The van der Waals surface area contributed by atoms with Gasteiger partial charge in [-0.25, -0.2) is 4.90 Å². The molecule has 0 radical (unpaired) electrons. The van der Waals surface area contributed by atoms with Crippen LogP contribution in [-0.2, 0) is 19.1 Å². The second-order valence-electron chi connectivity index (χ2n) is 7.23. The number of esters is 1. The van der Waals surface area contributed by atoms with Gasteiger partial charge in [0.05, 0.1) is 5.92 Å². The van der Waals surface area contributed by atoms with E-state index in [0.29, 0.717) is 0 Å². The number of carbonyl (C=O) groups is 3. The van der Waals surface area contributed by atoms with E-state index in [-0.39, 0.29) is 22.7 Å². The Labute approximate surface area is 131 Å². The fraction of sp³-hybridized carbons (Fsp3) is 0.706. The normalized spacial score (nSPS) is 25.5. The second kappa shape index (κ2) is 4.93. The summed E-state index contributed by atoms with van der Waals surface area (Å²) in [7, 11) is 0. The monoisotopic (exact) mass is 307 g/mol. The Hall–Kier alpha value is -1.65. The molecule has 1 aliphatic carbocycles. The van der Waals surface area contributed by atoms with Crippen molar-refractivity contribution in [3.05, 3.63) is 12.2 Å². The van der Waals surface area contributed by atoms with Crippen LogP contribution >= 0.6 is 0 Å². The van der Waals surface area contributed by atoms with Crippen LogP contribution in [-0.4, -0.2) is 28.4 Å². The molecule has 122 valence electrons. The molecule has 2 rings (SSSR count). The highest BCUT2D eigenvalue weighted by atomic mass is 16.6. The summed E-state index contributed by atoms with van der Waals surface area (Å²) >= 11 is 0. The molecule has 1 fully saturated rings. The summed E-state index contributed by atoms with van der Waals surface area (Å²) in [6.45, 7) is 11.5. The molecule has 1 unspecified atom stereocenters. The van der Waals surface area contributed by atoms with Crippen molar-refractivity contribution in [2.24, 2.45) is 16.7 Å². The lowest BCUT2D eigenvalue weighted by molar-refractivity contribution is -0.184. The Balaban J connectivity index is 2.16. The van der Waals surface area contributed by atoms with Gasteiger partial charge in [-0.2, -0.15) is 0 Å². The molecule has 2 aliphatic rings. The van der Waals surface area contributed by atoms with Crippen molar-refractivity contribution in [2.75, 3.05) is 0 Å². The minimum atomic E-state index is -1.28. The van der Waals surface area contributed by atoms with Gasteiger partial charge in [-0.05, 0) is 37.5 Å². The Morgan fingerprint density at radius 3 is 2.00 bits per heavy atom. The van der Waals surface area contributed by atoms with Crippen molar-refractivity contribution < 1.29 is 19.1 Å². The van der Waals surface area contributed by atoms with E-state index in [1.165, 1.54) is 12.2 Å². The smallest absolute Gasteiger partial charge is 0.312 e. The number of ether oxygens (including phenoxy) is 1. The van der Waals surface area contributed by atoms with Gasteiger partial charge in [-0.3, -0.25) is 14.4 Å². The molecular formula is C17H25NO4. The Morgan fingerprint density at radius 2 is 1.64 bits per heavy atom. The lowest BCUT2D eigenvalue weighted by Gasteiger charge is -2.33. The van der Waals surface area contributed by atoms with Gasteiger partial charge in [0.25, 0.3) is 11.8 Å². The molecule has 0 aromatic rings. The van der Waals surface area contributed by atoms with Crippen LogP contribution in [0.3, 0.4) is 0 Å². The largest absolute Gasteiger partial charge is 0.439 e. The lowest BCUT2D eigenvalue weighted by Crippen LogP contribution is -2.51. The van der Waals surface area contributed by atoms with Gasteiger partial charge >= 0.3 is 5.97 Å². The maximum absolute atomic E-state index is 12.6. The third-order valence-corrected chi connectivity index (χ3v) is 5.67. The lowest BCUT2D eigenvalue weighted by atomic mass is 9.90. The number of rotatable bonds is 5. The van der Waals surface area contributed by atoms with Gasteiger partial charge in [-0.15, -0.1) is 0 Å².